The van der Waals surface area contributed by atoms with Crippen LogP contribution in [0, 0.1) is 11.8 Å². The summed E-state index contributed by atoms with van der Waals surface area (Å²) in [7, 11) is 3.73. The van der Waals surface area contributed by atoms with Crippen molar-refractivity contribution in [3.05, 3.63) is 108 Å². The number of rotatable bonds is 8. The fraction of sp³-hybridized carbons (Fsp3) is 0.250. The number of hydrogen-bond donors (Lipinski definition) is 2. The zero-order chi connectivity index (χ0) is 31.9. The Bertz CT molecular complexity index is 1760. The number of carbonyl (C=O) groups excluding carboxylic acids is 1. The first-order valence-electron chi connectivity index (χ1n) is 15.3. The van der Waals surface area contributed by atoms with Crippen molar-refractivity contribution >= 4 is 34.6 Å². The topological polar surface area (TPSA) is 95.1 Å². The second-order valence-corrected chi connectivity index (χ2v) is 11.1. The van der Waals surface area contributed by atoms with E-state index in [0.717, 1.165) is 55.0 Å². The zero-order valence-corrected chi connectivity index (χ0v) is 26.1. The Morgan fingerprint density at radius 1 is 0.978 bits per heavy atom. The number of hydrogen-bond acceptors (Lipinski definition) is 9. The Morgan fingerprint density at radius 2 is 1.76 bits per heavy atom. The third-order valence-corrected chi connectivity index (χ3v) is 8.05. The number of nitrogens with one attached hydrogen (secondary N) is 2. The zero-order valence-electron chi connectivity index (χ0n) is 26.1. The number of ether oxygens (including phenoxy) is 1. The minimum absolute atomic E-state index is 0.0423. The van der Waals surface area contributed by atoms with Gasteiger partial charge in [0, 0.05) is 55.9 Å². The molecule has 4 aromatic rings. The number of benzene rings is 3. The van der Waals surface area contributed by atoms with E-state index in [1.807, 2.05) is 65.7 Å². The first-order valence-corrected chi connectivity index (χ1v) is 15.3. The van der Waals surface area contributed by atoms with E-state index in [2.05, 4.69) is 68.0 Å². The lowest BCUT2D eigenvalue weighted by Crippen LogP contribution is -2.44. The predicted molar refractivity (Wildman–Crippen MR) is 181 cm³/mol. The van der Waals surface area contributed by atoms with Gasteiger partial charge in [0.1, 0.15) is 17.9 Å². The predicted octanol–water partition coefficient (Wildman–Crippen LogP) is 5.39. The Kier molecular flexibility index (Phi) is 9.43. The van der Waals surface area contributed by atoms with Gasteiger partial charge in [0.05, 0.1) is 36.8 Å². The summed E-state index contributed by atoms with van der Waals surface area (Å²) in [5, 5.41) is 8.18. The number of anilines is 5. The van der Waals surface area contributed by atoms with Crippen LogP contribution in [0.2, 0.25) is 0 Å². The number of carbonyl (C=O) groups is 1. The minimum Gasteiger partial charge on any atom is -0.494 e. The molecule has 2 fully saturated rings. The Morgan fingerprint density at radius 3 is 2.54 bits per heavy atom. The van der Waals surface area contributed by atoms with Crippen LogP contribution in [0.1, 0.15) is 29.2 Å². The Balaban J connectivity index is 1.25. The number of methoxy groups -OCH3 is 1. The summed E-state index contributed by atoms with van der Waals surface area (Å²) < 4.78 is 5.80. The highest BCUT2D eigenvalue weighted by Crippen LogP contribution is 2.40. The standard InChI is InChI=1S/C36H37N7O3/c1-4-36(44)40-29-22-30(33(45-3)23-32(29)42-18-16-41(2)17-19-42)39-34-24-35(38-25-37-34)43-31(15-20-46-43)28-12-8-11-27(21-28)14-13-26-9-6-5-7-10-26/h4-12,21-25,31H,1,15-20H2,2-3H3,(H,40,44)(H,37,38,39)/t31-/m1/s1. The Labute approximate surface area is 269 Å². The Hall–Kier alpha value is -5.37. The number of piperazine rings is 1. The van der Waals surface area contributed by atoms with Crippen molar-refractivity contribution in [2.24, 2.45) is 0 Å². The van der Waals surface area contributed by atoms with Crippen LogP contribution in [0.3, 0.4) is 0 Å². The van der Waals surface area contributed by atoms with Gasteiger partial charge in [-0.25, -0.2) is 15.0 Å². The SMILES string of the molecule is C=CC(=O)Nc1cc(Nc2cc(N3OCC[C@@H]3c3cccc(C#Cc4ccccc4)c3)ncn2)c(OC)cc1N1CCN(C)CC1. The third kappa shape index (κ3) is 7.12. The van der Waals surface area contributed by atoms with Crippen LogP contribution in [0.4, 0.5) is 28.7 Å². The maximum atomic E-state index is 12.4. The molecule has 0 bridgehead atoms. The van der Waals surface area contributed by atoms with Crippen LogP contribution < -0.4 is 25.3 Å². The highest BCUT2D eigenvalue weighted by atomic mass is 16.7. The van der Waals surface area contributed by atoms with Gasteiger partial charge in [-0.1, -0.05) is 48.8 Å². The molecule has 10 heteroatoms. The van der Waals surface area contributed by atoms with Crippen molar-refractivity contribution in [1.29, 1.82) is 0 Å². The molecular formula is C36H37N7O3. The lowest BCUT2D eigenvalue weighted by Gasteiger charge is -2.35. The van der Waals surface area contributed by atoms with Gasteiger partial charge in [0.25, 0.3) is 0 Å². The van der Waals surface area contributed by atoms with E-state index in [1.165, 1.54) is 12.4 Å². The summed E-state index contributed by atoms with van der Waals surface area (Å²) in [6.07, 6.45) is 3.57. The molecule has 0 saturated carbocycles. The molecule has 3 heterocycles. The van der Waals surface area contributed by atoms with Crippen molar-refractivity contribution in [1.82, 2.24) is 14.9 Å². The quantitative estimate of drug-likeness (QED) is 0.200. The van der Waals surface area contributed by atoms with Gasteiger partial charge in [-0.15, -0.1) is 0 Å². The highest BCUT2D eigenvalue weighted by Gasteiger charge is 2.29. The van der Waals surface area contributed by atoms with Crippen molar-refractivity contribution in [2.75, 3.05) is 67.5 Å². The summed E-state index contributed by atoms with van der Waals surface area (Å²) in [6, 6.07) is 23.8. The summed E-state index contributed by atoms with van der Waals surface area (Å²) in [4.78, 5) is 32.0. The molecule has 234 valence electrons. The van der Waals surface area contributed by atoms with E-state index >= 15 is 0 Å². The summed E-state index contributed by atoms with van der Waals surface area (Å²) in [5.74, 6) is 8.02. The fourth-order valence-corrected chi connectivity index (χ4v) is 5.59. The number of likely N-dealkylation sites (N-methyl/N-ethyl adjacent to an activating group) is 1. The molecule has 0 radical (unpaired) electrons. The van der Waals surface area contributed by atoms with E-state index in [-0.39, 0.29) is 11.9 Å². The van der Waals surface area contributed by atoms with Gasteiger partial charge in [-0.05, 0) is 49.0 Å². The van der Waals surface area contributed by atoms with Crippen molar-refractivity contribution in [3.8, 4) is 17.6 Å². The molecule has 1 aromatic heterocycles. The van der Waals surface area contributed by atoms with Crippen molar-refractivity contribution in [2.45, 2.75) is 12.5 Å². The second-order valence-electron chi connectivity index (χ2n) is 11.1. The van der Waals surface area contributed by atoms with Gasteiger partial charge < -0.3 is 25.2 Å². The van der Waals surface area contributed by atoms with Crippen LogP contribution in [-0.4, -0.2) is 67.7 Å². The van der Waals surface area contributed by atoms with Gasteiger partial charge in [-0.2, -0.15) is 0 Å². The second kappa shape index (κ2) is 14.2. The van der Waals surface area contributed by atoms with Gasteiger partial charge in [0.15, 0.2) is 5.82 Å². The molecule has 2 N–H and O–H groups in total. The molecular weight excluding hydrogens is 578 g/mol. The lowest BCUT2D eigenvalue weighted by molar-refractivity contribution is -0.111. The van der Waals surface area contributed by atoms with Gasteiger partial charge in [-0.3, -0.25) is 9.63 Å². The fourth-order valence-electron chi connectivity index (χ4n) is 5.59. The summed E-state index contributed by atoms with van der Waals surface area (Å²) in [6.45, 7) is 7.69. The van der Waals surface area contributed by atoms with Crippen LogP contribution in [0.15, 0.2) is 91.8 Å². The van der Waals surface area contributed by atoms with Crippen LogP contribution in [0.5, 0.6) is 5.75 Å². The van der Waals surface area contributed by atoms with E-state index in [4.69, 9.17) is 9.57 Å². The van der Waals surface area contributed by atoms with E-state index in [0.29, 0.717) is 35.4 Å². The molecule has 2 aliphatic rings. The van der Waals surface area contributed by atoms with Crippen molar-refractivity contribution < 1.29 is 14.4 Å². The highest BCUT2D eigenvalue weighted by molar-refractivity contribution is 6.02. The number of hydroxylamine groups is 1. The number of nitrogens with zero attached hydrogens (tertiary/aromatic N) is 5. The first-order chi connectivity index (χ1) is 22.5. The average Bonchev–Trinajstić information content (AvgIpc) is 3.59. The normalized spacial score (nSPS) is 16.3. The minimum atomic E-state index is -0.289. The largest absolute Gasteiger partial charge is 0.494 e. The smallest absolute Gasteiger partial charge is 0.247 e. The average molecular weight is 616 g/mol. The lowest BCUT2D eigenvalue weighted by atomic mass is 10.0. The van der Waals surface area contributed by atoms with Crippen molar-refractivity contribution in [3.63, 3.8) is 0 Å². The van der Waals surface area contributed by atoms with Crippen LogP contribution >= 0.6 is 0 Å². The maximum Gasteiger partial charge on any atom is 0.247 e. The summed E-state index contributed by atoms with van der Waals surface area (Å²) in [5.41, 5.74) is 5.19. The molecule has 2 saturated heterocycles. The molecule has 3 aromatic carbocycles. The van der Waals surface area contributed by atoms with E-state index < -0.39 is 0 Å². The number of amides is 1. The molecule has 0 spiro atoms. The third-order valence-electron chi connectivity index (χ3n) is 8.05. The molecule has 0 unspecified atom stereocenters. The first kappa shape index (κ1) is 30.6. The van der Waals surface area contributed by atoms with Crippen LogP contribution in [-0.2, 0) is 9.63 Å². The van der Waals surface area contributed by atoms with Gasteiger partial charge >= 0.3 is 0 Å². The monoisotopic (exact) mass is 615 g/mol. The molecule has 2 aliphatic heterocycles. The van der Waals surface area contributed by atoms with E-state index in [9.17, 15) is 4.79 Å². The molecule has 6 rings (SSSR count). The molecule has 10 nitrogen and oxygen atoms in total. The number of aromatic nitrogens is 2. The van der Waals surface area contributed by atoms with Gasteiger partial charge in [0.2, 0.25) is 5.91 Å². The molecule has 1 amide bonds. The summed E-state index contributed by atoms with van der Waals surface area (Å²) >= 11 is 0. The van der Waals surface area contributed by atoms with Crippen LogP contribution in [0.25, 0.3) is 0 Å². The molecule has 46 heavy (non-hydrogen) atoms. The van der Waals surface area contributed by atoms with E-state index in [1.54, 1.807) is 7.11 Å². The molecule has 1 atom stereocenters. The maximum absolute atomic E-state index is 12.4. The molecule has 0 aliphatic carbocycles.